The Labute approximate surface area is 158 Å². The number of imidazole rings is 1. The Bertz CT molecular complexity index is 1000. The third-order valence-electron chi connectivity index (χ3n) is 4.85. The number of rotatable bonds is 4. The monoisotopic (exact) mass is 365 g/mol. The zero-order chi connectivity index (χ0) is 19.0. The summed E-state index contributed by atoms with van der Waals surface area (Å²) in [6.07, 6.45) is 0.734. The fourth-order valence-corrected chi connectivity index (χ4v) is 3.49. The minimum absolute atomic E-state index is 0.0729. The van der Waals surface area contributed by atoms with Gasteiger partial charge in [0.05, 0.1) is 11.0 Å². The summed E-state index contributed by atoms with van der Waals surface area (Å²) in [7, 11) is 0. The smallest absolute Gasteiger partial charge is 0.244 e. The van der Waals surface area contributed by atoms with Crippen LogP contribution in [0.2, 0.25) is 0 Å². The maximum absolute atomic E-state index is 12.8. The van der Waals surface area contributed by atoms with Crippen molar-refractivity contribution < 1.29 is 14.3 Å². The highest BCUT2D eigenvalue weighted by Gasteiger charge is 2.19. The standard InChI is InChI=1S/C21H23N3O3/c1-4-19-22-15-10-17-18(27-9-8-26-17)11-16(15)24(19)12-20(25)23-21-13(2)6-5-7-14(21)3/h5-7,10-11H,4,8-9,12H2,1-3H3,(H,23,25). The topological polar surface area (TPSA) is 65.4 Å². The Morgan fingerprint density at radius 3 is 2.48 bits per heavy atom. The molecule has 0 unspecified atom stereocenters. The number of aryl methyl sites for hydroxylation is 3. The van der Waals surface area contributed by atoms with Crippen LogP contribution in [0.3, 0.4) is 0 Å². The number of carbonyl (C=O) groups excluding carboxylic acids is 1. The molecule has 0 fully saturated rings. The van der Waals surface area contributed by atoms with E-state index >= 15 is 0 Å². The predicted octanol–water partition coefficient (Wildman–Crippen LogP) is 3.63. The number of carbonyl (C=O) groups is 1. The number of hydrogen-bond acceptors (Lipinski definition) is 4. The van der Waals surface area contributed by atoms with Gasteiger partial charge >= 0.3 is 0 Å². The minimum atomic E-state index is -0.0729. The molecule has 0 spiro atoms. The van der Waals surface area contributed by atoms with Gasteiger partial charge in [-0.3, -0.25) is 4.79 Å². The maximum atomic E-state index is 12.8. The summed E-state index contributed by atoms with van der Waals surface area (Å²) in [5.74, 6) is 2.20. The van der Waals surface area contributed by atoms with Crippen molar-refractivity contribution in [3.63, 3.8) is 0 Å². The van der Waals surface area contributed by atoms with Crippen molar-refractivity contribution in [1.82, 2.24) is 9.55 Å². The second-order valence-electron chi connectivity index (χ2n) is 6.77. The van der Waals surface area contributed by atoms with Gasteiger partial charge < -0.3 is 19.4 Å². The molecule has 27 heavy (non-hydrogen) atoms. The van der Waals surface area contributed by atoms with Crippen LogP contribution in [0.15, 0.2) is 30.3 Å². The molecule has 6 heteroatoms. The summed E-state index contributed by atoms with van der Waals surface area (Å²) in [4.78, 5) is 17.5. The second kappa shape index (κ2) is 6.95. The fourth-order valence-electron chi connectivity index (χ4n) is 3.49. The minimum Gasteiger partial charge on any atom is -0.486 e. The van der Waals surface area contributed by atoms with Crippen LogP contribution in [0.5, 0.6) is 11.5 Å². The Morgan fingerprint density at radius 1 is 1.15 bits per heavy atom. The Morgan fingerprint density at radius 2 is 1.81 bits per heavy atom. The van der Waals surface area contributed by atoms with Gasteiger partial charge in [-0.1, -0.05) is 25.1 Å². The van der Waals surface area contributed by atoms with E-state index in [1.165, 1.54) is 0 Å². The first-order chi connectivity index (χ1) is 13.1. The Balaban J connectivity index is 1.67. The van der Waals surface area contributed by atoms with E-state index in [1.54, 1.807) is 0 Å². The van der Waals surface area contributed by atoms with Crippen LogP contribution < -0.4 is 14.8 Å². The molecule has 0 saturated carbocycles. The highest BCUT2D eigenvalue weighted by Crippen LogP contribution is 2.35. The molecule has 2 aromatic carbocycles. The maximum Gasteiger partial charge on any atom is 0.244 e. The summed E-state index contributed by atoms with van der Waals surface area (Å²) in [6, 6.07) is 9.79. The molecule has 3 aromatic rings. The van der Waals surface area contributed by atoms with Gasteiger partial charge in [0.2, 0.25) is 5.91 Å². The third-order valence-corrected chi connectivity index (χ3v) is 4.85. The van der Waals surface area contributed by atoms with Gasteiger partial charge in [0.1, 0.15) is 25.6 Å². The van der Waals surface area contributed by atoms with E-state index in [1.807, 2.05) is 55.7 Å². The van der Waals surface area contributed by atoms with Crippen molar-refractivity contribution in [2.45, 2.75) is 33.7 Å². The highest BCUT2D eigenvalue weighted by atomic mass is 16.6. The van der Waals surface area contributed by atoms with E-state index in [4.69, 9.17) is 9.47 Å². The second-order valence-corrected chi connectivity index (χ2v) is 6.77. The summed E-state index contributed by atoms with van der Waals surface area (Å²) < 4.78 is 13.3. The zero-order valence-electron chi connectivity index (χ0n) is 15.8. The first kappa shape index (κ1) is 17.4. The van der Waals surface area contributed by atoms with Crippen molar-refractivity contribution in [2.24, 2.45) is 0 Å². The lowest BCUT2D eigenvalue weighted by molar-refractivity contribution is -0.116. The quantitative estimate of drug-likeness (QED) is 0.767. The largest absolute Gasteiger partial charge is 0.486 e. The molecule has 0 bridgehead atoms. The zero-order valence-corrected chi connectivity index (χ0v) is 15.8. The molecule has 2 heterocycles. The number of benzene rings is 2. The number of amides is 1. The van der Waals surface area contributed by atoms with Crippen LogP contribution in [0, 0.1) is 13.8 Å². The van der Waals surface area contributed by atoms with Crippen molar-refractivity contribution in [3.05, 3.63) is 47.3 Å². The van der Waals surface area contributed by atoms with Crippen LogP contribution in [0.25, 0.3) is 11.0 Å². The van der Waals surface area contributed by atoms with Gasteiger partial charge in [-0.25, -0.2) is 4.98 Å². The fraction of sp³-hybridized carbons (Fsp3) is 0.333. The molecule has 0 aliphatic carbocycles. The highest BCUT2D eigenvalue weighted by molar-refractivity contribution is 5.93. The SMILES string of the molecule is CCc1nc2cc3c(cc2n1CC(=O)Nc1c(C)cccc1C)OCCO3. The lowest BCUT2D eigenvalue weighted by Gasteiger charge is -2.18. The van der Waals surface area contributed by atoms with Gasteiger partial charge in [-0.05, 0) is 25.0 Å². The molecule has 140 valence electrons. The van der Waals surface area contributed by atoms with E-state index in [2.05, 4.69) is 10.3 Å². The molecular weight excluding hydrogens is 342 g/mol. The molecule has 1 aromatic heterocycles. The molecular formula is C21H23N3O3. The molecule has 1 N–H and O–H groups in total. The molecule has 4 rings (SSSR count). The van der Waals surface area contributed by atoms with Crippen LogP contribution in [0.4, 0.5) is 5.69 Å². The third kappa shape index (κ3) is 3.23. The first-order valence-corrected chi connectivity index (χ1v) is 9.21. The Kier molecular flexibility index (Phi) is 4.48. The van der Waals surface area contributed by atoms with E-state index in [0.29, 0.717) is 24.7 Å². The number of hydrogen-bond donors (Lipinski definition) is 1. The number of aromatic nitrogens is 2. The molecule has 1 amide bonds. The number of nitrogens with one attached hydrogen (secondary N) is 1. The predicted molar refractivity (Wildman–Crippen MR) is 105 cm³/mol. The summed E-state index contributed by atoms with van der Waals surface area (Å²) >= 11 is 0. The Hall–Kier alpha value is -3.02. The lowest BCUT2D eigenvalue weighted by Crippen LogP contribution is -2.21. The number of fused-ring (bicyclic) bond motifs is 2. The molecule has 1 aliphatic rings. The van der Waals surface area contributed by atoms with Crippen LogP contribution in [0.1, 0.15) is 23.9 Å². The average molecular weight is 365 g/mol. The lowest BCUT2D eigenvalue weighted by atomic mass is 10.1. The first-order valence-electron chi connectivity index (χ1n) is 9.21. The summed E-state index contributed by atoms with van der Waals surface area (Å²) in [6.45, 7) is 7.30. The van der Waals surface area contributed by atoms with E-state index < -0.39 is 0 Å². The molecule has 0 radical (unpaired) electrons. The van der Waals surface area contributed by atoms with Gasteiger partial charge in [-0.2, -0.15) is 0 Å². The van der Waals surface area contributed by atoms with Gasteiger partial charge in [0.15, 0.2) is 11.5 Å². The van der Waals surface area contributed by atoms with Crippen molar-refractivity contribution in [1.29, 1.82) is 0 Å². The molecule has 6 nitrogen and oxygen atoms in total. The van der Waals surface area contributed by atoms with Crippen LogP contribution >= 0.6 is 0 Å². The van der Waals surface area contributed by atoms with Crippen molar-refractivity contribution >= 4 is 22.6 Å². The summed E-state index contributed by atoms with van der Waals surface area (Å²) in [5.41, 5.74) is 4.67. The molecule has 1 aliphatic heterocycles. The number of anilines is 1. The normalized spacial score (nSPS) is 13.0. The average Bonchev–Trinajstić information content (AvgIpc) is 2.99. The van der Waals surface area contributed by atoms with E-state index in [9.17, 15) is 4.79 Å². The van der Waals surface area contributed by atoms with Crippen LogP contribution in [-0.2, 0) is 17.8 Å². The molecule has 0 saturated heterocycles. The van der Waals surface area contributed by atoms with Crippen molar-refractivity contribution in [2.75, 3.05) is 18.5 Å². The molecule has 0 atom stereocenters. The summed E-state index contributed by atoms with van der Waals surface area (Å²) in [5, 5.41) is 3.05. The van der Waals surface area contributed by atoms with Gasteiger partial charge in [0.25, 0.3) is 0 Å². The number of nitrogens with zero attached hydrogens (tertiary/aromatic N) is 2. The van der Waals surface area contributed by atoms with Crippen molar-refractivity contribution in [3.8, 4) is 11.5 Å². The number of ether oxygens (including phenoxy) is 2. The van der Waals surface area contributed by atoms with Gasteiger partial charge in [-0.15, -0.1) is 0 Å². The van der Waals surface area contributed by atoms with E-state index in [0.717, 1.165) is 40.1 Å². The van der Waals surface area contributed by atoms with Gasteiger partial charge in [0, 0.05) is 24.2 Å². The van der Waals surface area contributed by atoms with E-state index in [-0.39, 0.29) is 12.5 Å². The number of para-hydroxylation sites is 1. The van der Waals surface area contributed by atoms with Crippen LogP contribution in [-0.4, -0.2) is 28.7 Å².